The minimum Gasteiger partial charge on any atom is -0.269 e. The Morgan fingerprint density at radius 1 is 0.833 bits per heavy atom. The lowest BCUT2D eigenvalue weighted by atomic mass is 9.66. The highest BCUT2D eigenvalue weighted by atomic mass is 19.0. The first-order valence-electron chi connectivity index (χ1n) is 5.38. The Balaban J connectivity index is 0.000000720. The van der Waals surface area contributed by atoms with Crippen LogP contribution in [0.25, 0.3) is 0 Å². The van der Waals surface area contributed by atoms with Gasteiger partial charge in [-0.1, -0.05) is 45.4 Å². The second kappa shape index (κ2) is 4.25. The van der Waals surface area contributed by atoms with Gasteiger partial charge in [-0.3, -0.25) is 4.70 Å². The van der Waals surface area contributed by atoms with E-state index in [4.69, 9.17) is 0 Å². The molecule has 72 valence electrons. The molecule has 2 fully saturated rings. The fourth-order valence-electron chi connectivity index (χ4n) is 3.26. The molecule has 0 aromatic rings. The molecule has 2 saturated carbocycles. The van der Waals surface area contributed by atoms with E-state index in [1.54, 1.807) is 19.3 Å². The zero-order chi connectivity index (χ0) is 7.68. The van der Waals surface area contributed by atoms with Crippen LogP contribution in [0.1, 0.15) is 51.9 Å². The van der Waals surface area contributed by atoms with Gasteiger partial charge in [0.05, 0.1) is 0 Å². The molecule has 0 spiro atoms. The molecular formula is C11H21F. The van der Waals surface area contributed by atoms with E-state index < -0.39 is 0 Å². The van der Waals surface area contributed by atoms with Crippen molar-refractivity contribution in [2.24, 2.45) is 17.8 Å². The summed E-state index contributed by atoms with van der Waals surface area (Å²) < 4.78 is 0. The van der Waals surface area contributed by atoms with Crippen LogP contribution in [-0.2, 0) is 0 Å². The molecule has 3 unspecified atom stereocenters. The van der Waals surface area contributed by atoms with E-state index in [-0.39, 0.29) is 4.70 Å². The molecule has 2 aliphatic carbocycles. The molecule has 1 heteroatoms. The van der Waals surface area contributed by atoms with E-state index in [0.717, 1.165) is 17.8 Å². The topological polar surface area (TPSA) is 0 Å². The molecule has 0 saturated heterocycles. The zero-order valence-corrected chi connectivity index (χ0v) is 8.09. The van der Waals surface area contributed by atoms with Crippen molar-refractivity contribution in [1.29, 1.82) is 0 Å². The summed E-state index contributed by atoms with van der Waals surface area (Å²) >= 11 is 0. The van der Waals surface area contributed by atoms with Crippen molar-refractivity contribution < 1.29 is 4.70 Å². The van der Waals surface area contributed by atoms with Gasteiger partial charge in [-0.2, -0.15) is 0 Å². The Bertz CT molecular complexity index is 131. The monoisotopic (exact) mass is 172 g/mol. The smallest absolute Gasteiger partial charge is 0.0360 e. The van der Waals surface area contributed by atoms with Gasteiger partial charge in [0.2, 0.25) is 0 Å². The molecule has 0 bridgehead atoms. The lowest BCUT2D eigenvalue weighted by molar-refractivity contribution is 0.114. The Morgan fingerprint density at radius 3 is 2.25 bits per heavy atom. The van der Waals surface area contributed by atoms with Crippen LogP contribution in [0.2, 0.25) is 0 Å². The number of hydrogen-bond acceptors (Lipinski definition) is 0. The molecule has 2 aliphatic rings. The molecule has 0 nitrogen and oxygen atoms in total. The highest BCUT2D eigenvalue weighted by Crippen LogP contribution is 2.43. The second-order valence-corrected chi connectivity index (χ2v) is 4.62. The van der Waals surface area contributed by atoms with Gasteiger partial charge >= 0.3 is 0 Å². The summed E-state index contributed by atoms with van der Waals surface area (Å²) in [6.45, 7) is 2.47. The predicted molar refractivity (Wildman–Crippen MR) is 51.0 cm³/mol. The third-order valence-electron chi connectivity index (χ3n) is 3.93. The molecular weight excluding hydrogens is 151 g/mol. The number of hydrogen-bond donors (Lipinski definition) is 0. The molecule has 0 aromatic heterocycles. The van der Waals surface area contributed by atoms with Crippen LogP contribution in [0, 0.1) is 17.8 Å². The van der Waals surface area contributed by atoms with Crippen LogP contribution in [-0.4, -0.2) is 0 Å². The molecule has 2 rings (SSSR count). The summed E-state index contributed by atoms with van der Waals surface area (Å²) in [6, 6.07) is 0. The average Bonchev–Trinajstić information content (AvgIpc) is 2.06. The van der Waals surface area contributed by atoms with Gasteiger partial charge in [-0.05, 0) is 24.2 Å². The van der Waals surface area contributed by atoms with E-state index in [2.05, 4.69) is 6.92 Å². The maximum absolute atomic E-state index is 2.47. The van der Waals surface area contributed by atoms with Gasteiger partial charge in [0.15, 0.2) is 0 Å². The fourth-order valence-corrected chi connectivity index (χ4v) is 3.26. The summed E-state index contributed by atoms with van der Waals surface area (Å²) in [5, 5.41) is 0. The summed E-state index contributed by atoms with van der Waals surface area (Å²) in [5.74, 6) is 3.30. The average molecular weight is 172 g/mol. The summed E-state index contributed by atoms with van der Waals surface area (Å²) in [5.41, 5.74) is 0. The van der Waals surface area contributed by atoms with Crippen molar-refractivity contribution >= 4 is 0 Å². The van der Waals surface area contributed by atoms with Gasteiger partial charge in [0.1, 0.15) is 0 Å². The second-order valence-electron chi connectivity index (χ2n) is 4.62. The normalized spacial score (nSPS) is 41.2. The fraction of sp³-hybridized carbons (Fsp3) is 1.00. The SMILES string of the molecule is CC1CCCC2CCCCC12.F. The Morgan fingerprint density at radius 2 is 1.50 bits per heavy atom. The number of halogens is 1. The first-order chi connectivity index (χ1) is 5.38. The van der Waals surface area contributed by atoms with Crippen molar-refractivity contribution in [2.75, 3.05) is 0 Å². The third-order valence-corrected chi connectivity index (χ3v) is 3.93. The molecule has 0 radical (unpaired) electrons. The van der Waals surface area contributed by atoms with Crippen molar-refractivity contribution in [3.63, 3.8) is 0 Å². The maximum Gasteiger partial charge on any atom is -0.0360 e. The van der Waals surface area contributed by atoms with Crippen LogP contribution in [0.3, 0.4) is 0 Å². The molecule has 0 N–H and O–H groups in total. The predicted octanol–water partition coefficient (Wildman–Crippen LogP) is 3.77. The molecule has 0 aromatic carbocycles. The van der Waals surface area contributed by atoms with Crippen LogP contribution >= 0.6 is 0 Å². The highest BCUT2D eigenvalue weighted by Gasteiger charge is 2.31. The molecule has 0 aliphatic heterocycles. The van der Waals surface area contributed by atoms with E-state index >= 15 is 0 Å². The van der Waals surface area contributed by atoms with Crippen molar-refractivity contribution in [3.8, 4) is 0 Å². The Kier molecular flexibility index (Phi) is 3.54. The Labute approximate surface area is 75.1 Å². The number of rotatable bonds is 0. The van der Waals surface area contributed by atoms with Crippen molar-refractivity contribution in [2.45, 2.75) is 51.9 Å². The molecule has 3 atom stereocenters. The first kappa shape index (κ1) is 10.0. The number of fused-ring (bicyclic) bond motifs is 1. The third kappa shape index (κ3) is 1.81. The summed E-state index contributed by atoms with van der Waals surface area (Å²) in [7, 11) is 0. The van der Waals surface area contributed by atoms with Crippen LogP contribution in [0.15, 0.2) is 0 Å². The highest BCUT2D eigenvalue weighted by molar-refractivity contribution is 4.82. The van der Waals surface area contributed by atoms with Gasteiger partial charge in [0, 0.05) is 0 Å². The van der Waals surface area contributed by atoms with Crippen molar-refractivity contribution in [3.05, 3.63) is 0 Å². The van der Waals surface area contributed by atoms with Gasteiger partial charge < -0.3 is 0 Å². The van der Waals surface area contributed by atoms with Crippen molar-refractivity contribution in [1.82, 2.24) is 0 Å². The first-order valence-corrected chi connectivity index (χ1v) is 5.38. The summed E-state index contributed by atoms with van der Waals surface area (Å²) in [6.07, 6.45) is 10.7. The van der Waals surface area contributed by atoms with E-state index in [0.29, 0.717) is 0 Å². The molecule has 12 heavy (non-hydrogen) atoms. The van der Waals surface area contributed by atoms with E-state index in [1.807, 2.05) is 0 Å². The largest absolute Gasteiger partial charge is 0.269 e. The minimum atomic E-state index is 0. The standard InChI is InChI=1S/C11H20.FH/c1-9-5-4-7-10-6-2-3-8-11(9)10;/h9-11H,2-8H2,1H3;1H. The lowest BCUT2D eigenvalue weighted by Gasteiger charge is -2.39. The van der Waals surface area contributed by atoms with Crippen LogP contribution in [0.4, 0.5) is 4.70 Å². The van der Waals surface area contributed by atoms with E-state index in [1.165, 1.54) is 25.7 Å². The quantitative estimate of drug-likeness (QED) is 0.522. The molecule has 0 amide bonds. The minimum absolute atomic E-state index is 0. The molecule has 0 heterocycles. The van der Waals surface area contributed by atoms with Crippen LogP contribution in [0.5, 0.6) is 0 Å². The van der Waals surface area contributed by atoms with Crippen LogP contribution < -0.4 is 0 Å². The van der Waals surface area contributed by atoms with Gasteiger partial charge in [-0.15, -0.1) is 0 Å². The summed E-state index contributed by atoms with van der Waals surface area (Å²) in [4.78, 5) is 0. The lowest BCUT2D eigenvalue weighted by Crippen LogP contribution is -2.29. The Hall–Kier alpha value is -0.0700. The van der Waals surface area contributed by atoms with E-state index in [9.17, 15) is 0 Å². The van der Waals surface area contributed by atoms with Gasteiger partial charge in [-0.25, -0.2) is 0 Å². The van der Waals surface area contributed by atoms with Gasteiger partial charge in [0.25, 0.3) is 0 Å². The maximum atomic E-state index is 2.47. The zero-order valence-electron chi connectivity index (χ0n) is 8.09.